The Morgan fingerprint density at radius 3 is 2.70 bits per heavy atom. The van der Waals surface area contributed by atoms with E-state index in [1.807, 2.05) is 12.4 Å². The lowest BCUT2D eigenvalue weighted by Gasteiger charge is -2.30. The van der Waals surface area contributed by atoms with E-state index in [4.69, 9.17) is 14.7 Å². The van der Waals surface area contributed by atoms with Gasteiger partial charge in [-0.2, -0.15) is 5.10 Å². The van der Waals surface area contributed by atoms with Crippen molar-refractivity contribution < 1.29 is 4.74 Å². The minimum Gasteiger partial charge on any atom is -0.384 e. The molecule has 0 amide bonds. The molecule has 1 aromatic carbocycles. The molecule has 5 rings (SSSR count). The molecule has 196 valence electrons. The van der Waals surface area contributed by atoms with E-state index in [2.05, 4.69) is 77.0 Å². The van der Waals surface area contributed by atoms with Crippen LogP contribution in [0.4, 0.5) is 5.69 Å². The Bertz CT molecular complexity index is 1270. The van der Waals surface area contributed by atoms with Gasteiger partial charge in [0.1, 0.15) is 0 Å². The molecule has 0 saturated carbocycles. The highest BCUT2D eigenvalue weighted by molar-refractivity contribution is 5.81. The zero-order valence-electron chi connectivity index (χ0n) is 22.7. The Kier molecular flexibility index (Phi) is 8.01. The summed E-state index contributed by atoms with van der Waals surface area (Å²) in [4.78, 5) is 14.6. The zero-order chi connectivity index (χ0) is 25.8. The molecule has 3 heterocycles. The first kappa shape index (κ1) is 25.6. The lowest BCUT2D eigenvalue weighted by molar-refractivity contribution is 0.168. The van der Waals surface area contributed by atoms with Crippen LogP contribution in [0.25, 0.3) is 22.3 Å². The SMILES string of the molecule is CCCN(C1=CC(COC)CC(CC)=C1)c1ccc2ncc(-c3cnn(C4CCN(C)CC4)c3)nc2c1. The van der Waals surface area contributed by atoms with Crippen molar-refractivity contribution in [2.24, 2.45) is 5.92 Å². The zero-order valence-corrected chi connectivity index (χ0v) is 22.7. The third-order valence-electron chi connectivity index (χ3n) is 7.67. The third-order valence-corrected chi connectivity index (χ3v) is 7.67. The summed E-state index contributed by atoms with van der Waals surface area (Å²) >= 11 is 0. The number of nitrogens with zero attached hydrogens (tertiary/aromatic N) is 6. The standard InChI is InChI=1S/C30H40N6O/c1-5-11-35(27-15-22(6-2)14-23(16-27)21-37-4)26-7-8-28-29(17-26)33-30(19-31-28)24-18-32-36(20-24)25-9-12-34(3)13-10-25/h7-8,15-20,23,25H,5-6,9-14,21H2,1-4H3. The second-order valence-corrected chi connectivity index (χ2v) is 10.5. The van der Waals surface area contributed by atoms with Gasteiger partial charge in [-0.15, -0.1) is 0 Å². The number of hydrogen-bond donors (Lipinski definition) is 0. The van der Waals surface area contributed by atoms with Crippen LogP contribution >= 0.6 is 0 Å². The van der Waals surface area contributed by atoms with Gasteiger partial charge in [-0.3, -0.25) is 9.67 Å². The smallest absolute Gasteiger partial charge is 0.0924 e. The predicted octanol–water partition coefficient (Wildman–Crippen LogP) is 5.86. The van der Waals surface area contributed by atoms with Gasteiger partial charge in [0.05, 0.1) is 41.8 Å². The summed E-state index contributed by atoms with van der Waals surface area (Å²) in [5.41, 5.74) is 7.60. The number of benzene rings is 1. The van der Waals surface area contributed by atoms with Crippen molar-refractivity contribution in [1.82, 2.24) is 24.6 Å². The van der Waals surface area contributed by atoms with Gasteiger partial charge >= 0.3 is 0 Å². The molecule has 2 aromatic heterocycles. The van der Waals surface area contributed by atoms with Crippen molar-refractivity contribution in [2.45, 2.75) is 52.0 Å². The van der Waals surface area contributed by atoms with Crippen LogP contribution in [0.3, 0.4) is 0 Å². The average Bonchev–Trinajstić information content (AvgIpc) is 3.42. The van der Waals surface area contributed by atoms with Crippen LogP contribution in [-0.2, 0) is 4.74 Å². The number of rotatable bonds is 9. The van der Waals surface area contributed by atoms with Gasteiger partial charge in [0.2, 0.25) is 0 Å². The van der Waals surface area contributed by atoms with Crippen molar-refractivity contribution in [2.75, 3.05) is 45.3 Å². The lowest BCUT2D eigenvalue weighted by Crippen LogP contribution is -2.31. The lowest BCUT2D eigenvalue weighted by atomic mass is 9.91. The Morgan fingerprint density at radius 1 is 1.11 bits per heavy atom. The number of fused-ring (bicyclic) bond motifs is 1. The highest BCUT2D eigenvalue weighted by Gasteiger charge is 2.21. The van der Waals surface area contributed by atoms with Crippen molar-refractivity contribution >= 4 is 16.7 Å². The van der Waals surface area contributed by atoms with Gasteiger partial charge in [-0.05, 0) is 76.5 Å². The molecule has 1 fully saturated rings. The molecule has 0 bridgehead atoms. The fraction of sp³-hybridized carbons (Fsp3) is 0.500. The second kappa shape index (κ2) is 11.6. The van der Waals surface area contributed by atoms with Crippen molar-refractivity contribution in [1.29, 1.82) is 0 Å². The quantitative estimate of drug-likeness (QED) is 0.367. The van der Waals surface area contributed by atoms with Crippen LogP contribution in [0.5, 0.6) is 0 Å². The van der Waals surface area contributed by atoms with Crippen molar-refractivity contribution in [3.05, 3.63) is 60.2 Å². The molecule has 1 aliphatic heterocycles. The van der Waals surface area contributed by atoms with E-state index in [9.17, 15) is 0 Å². The number of aromatic nitrogens is 4. The van der Waals surface area contributed by atoms with E-state index in [1.165, 1.54) is 11.3 Å². The summed E-state index contributed by atoms with van der Waals surface area (Å²) in [5.74, 6) is 0.409. The molecule has 1 saturated heterocycles. The fourth-order valence-corrected chi connectivity index (χ4v) is 5.56. The molecule has 0 N–H and O–H groups in total. The number of methoxy groups -OCH3 is 1. The van der Waals surface area contributed by atoms with E-state index in [-0.39, 0.29) is 0 Å². The van der Waals surface area contributed by atoms with Gasteiger partial charge in [0.15, 0.2) is 0 Å². The van der Waals surface area contributed by atoms with E-state index in [1.54, 1.807) is 7.11 Å². The maximum Gasteiger partial charge on any atom is 0.0924 e. The first-order valence-electron chi connectivity index (χ1n) is 13.8. The first-order valence-corrected chi connectivity index (χ1v) is 13.8. The second-order valence-electron chi connectivity index (χ2n) is 10.5. The number of allylic oxidation sites excluding steroid dienone is 2. The number of hydrogen-bond acceptors (Lipinski definition) is 6. The van der Waals surface area contributed by atoms with Crippen molar-refractivity contribution in [3.8, 4) is 11.3 Å². The molecule has 37 heavy (non-hydrogen) atoms. The number of piperidine rings is 1. The van der Waals surface area contributed by atoms with E-state index < -0.39 is 0 Å². The molecule has 1 atom stereocenters. The molecule has 1 unspecified atom stereocenters. The van der Waals surface area contributed by atoms with Crippen LogP contribution < -0.4 is 4.90 Å². The fourth-order valence-electron chi connectivity index (χ4n) is 5.56. The molecular formula is C30H40N6O. The molecule has 0 spiro atoms. The van der Waals surface area contributed by atoms with Crippen LogP contribution in [-0.4, -0.2) is 65.0 Å². The van der Waals surface area contributed by atoms with Crippen LogP contribution in [0.2, 0.25) is 0 Å². The maximum absolute atomic E-state index is 5.51. The highest BCUT2D eigenvalue weighted by Crippen LogP contribution is 2.32. The van der Waals surface area contributed by atoms with E-state index in [0.717, 1.165) is 86.3 Å². The monoisotopic (exact) mass is 500 g/mol. The molecule has 3 aromatic rings. The van der Waals surface area contributed by atoms with Crippen LogP contribution in [0.15, 0.2) is 60.2 Å². The predicted molar refractivity (Wildman–Crippen MR) is 151 cm³/mol. The van der Waals surface area contributed by atoms with Gasteiger partial charge in [0.25, 0.3) is 0 Å². The average molecular weight is 501 g/mol. The minimum atomic E-state index is 0.409. The number of likely N-dealkylation sites (tertiary alicyclic amines) is 1. The third kappa shape index (κ3) is 5.78. The van der Waals surface area contributed by atoms with Gasteiger partial charge in [-0.25, -0.2) is 4.98 Å². The summed E-state index contributed by atoms with van der Waals surface area (Å²) in [6.07, 6.45) is 16.1. The van der Waals surface area contributed by atoms with Gasteiger partial charge in [-0.1, -0.05) is 25.5 Å². The summed E-state index contributed by atoms with van der Waals surface area (Å²) in [5, 5.41) is 4.69. The van der Waals surface area contributed by atoms with Gasteiger partial charge in [0, 0.05) is 42.7 Å². The Hall–Kier alpha value is -3.03. The minimum absolute atomic E-state index is 0.409. The number of anilines is 1. The van der Waals surface area contributed by atoms with E-state index in [0.29, 0.717) is 12.0 Å². The summed E-state index contributed by atoms with van der Waals surface area (Å²) < 4.78 is 7.63. The Morgan fingerprint density at radius 2 is 1.95 bits per heavy atom. The molecule has 2 aliphatic rings. The molecule has 7 nitrogen and oxygen atoms in total. The summed E-state index contributed by atoms with van der Waals surface area (Å²) in [6, 6.07) is 6.90. The highest BCUT2D eigenvalue weighted by atomic mass is 16.5. The van der Waals surface area contributed by atoms with Crippen LogP contribution in [0.1, 0.15) is 52.0 Å². The Labute approximate surface area is 220 Å². The largest absolute Gasteiger partial charge is 0.384 e. The summed E-state index contributed by atoms with van der Waals surface area (Å²) in [7, 11) is 3.98. The van der Waals surface area contributed by atoms with Crippen LogP contribution in [0, 0.1) is 5.92 Å². The van der Waals surface area contributed by atoms with E-state index >= 15 is 0 Å². The number of ether oxygens (including phenoxy) is 1. The topological polar surface area (TPSA) is 59.3 Å². The maximum atomic E-state index is 5.51. The summed E-state index contributed by atoms with van der Waals surface area (Å²) in [6.45, 7) is 8.40. The molecule has 7 heteroatoms. The van der Waals surface area contributed by atoms with Crippen molar-refractivity contribution in [3.63, 3.8) is 0 Å². The molecule has 1 aliphatic carbocycles. The molecule has 0 radical (unpaired) electrons. The van der Waals surface area contributed by atoms with Gasteiger partial charge < -0.3 is 14.5 Å². The molecular weight excluding hydrogens is 460 g/mol. The first-order chi connectivity index (χ1) is 18.1. The Balaban J connectivity index is 1.44. The normalized spacial score (nSPS) is 19.2.